The molecule has 2 aromatic rings. The van der Waals surface area contributed by atoms with Crippen molar-refractivity contribution in [2.75, 3.05) is 11.0 Å². The molecule has 114 valence electrons. The van der Waals surface area contributed by atoms with Crippen LogP contribution in [0, 0.1) is 0 Å². The van der Waals surface area contributed by atoms with Crippen molar-refractivity contribution in [3.05, 3.63) is 39.1 Å². The van der Waals surface area contributed by atoms with Gasteiger partial charge < -0.3 is 0 Å². The van der Waals surface area contributed by atoms with Gasteiger partial charge in [0.25, 0.3) is 10.0 Å². The van der Waals surface area contributed by atoms with Crippen molar-refractivity contribution < 1.29 is 16.8 Å². The van der Waals surface area contributed by atoms with E-state index in [1.807, 2.05) is 0 Å². The lowest BCUT2D eigenvalue weighted by Gasteiger charge is -2.10. The second-order valence-electron chi connectivity index (χ2n) is 4.06. The molecule has 5 nitrogen and oxygen atoms in total. The third-order valence-corrected chi connectivity index (χ3v) is 7.89. The molecule has 21 heavy (non-hydrogen) atoms. The Morgan fingerprint density at radius 3 is 2.33 bits per heavy atom. The minimum absolute atomic E-state index is 0.000597. The number of hydrogen-bond acceptors (Lipinski definition) is 5. The van der Waals surface area contributed by atoms with Crippen LogP contribution in [0.5, 0.6) is 0 Å². The zero-order valence-electron chi connectivity index (χ0n) is 10.5. The second kappa shape index (κ2) is 5.88. The van der Waals surface area contributed by atoms with Gasteiger partial charge in [0.2, 0.25) is 0 Å². The predicted octanol–water partition coefficient (Wildman–Crippen LogP) is 3.37. The van der Waals surface area contributed by atoms with Crippen LogP contribution >= 0.6 is 38.9 Å². The molecule has 0 aliphatic heterocycles. The summed E-state index contributed by atoms with van der Waals surface area (Å²) in [4.78, 5) is -0.0877. The Morgan fingerprint density at radius 2 is 1.81 bits per heavy atom. The number of sulfone groups is 1. The molecule has 2 rings (SSSR count). The van der Waals surface area contributed by atoms with E-state index >= 15 is 0 Å². The topological polar surface area (TPSA) is 80.3 Å². The van der Waals surface area contributed by atoms with Crippen LogP contribution in [0.3, 0.4) is 0 Å². The van der Waals surface area contributed by atoms with E-state index in [1.54, 1.807) is 6.07 Å². The third kappa shape index (κ3) is 3.78. The number of para-hydroxylation sites is 1. The maximum Gasteiger partial charge on any atom is 0.271 e. The van der Waals surface area contributed by atoms with Crippen LogP contribution in [-0.2, 0) is 19.9 Å². The summed E-state index contributed by atoms with van der Waals surface area (Å²) in [5.74, 6) is 0. The number of rotatable bonds is 4. The molecule has 0 saturated carbocycles. The van der Waals surface area contributed by atoms with Crippen LogP contribution in [0.1, 0.15) is 0 Å². The summed E-state index contributed by atoms with van der Waals surface area (Å²) in [6, 6.07) is 7.08. The maximum absolute atomic E-state index is 12.3. The van der Waals surface area contributed by atoms with Crippen LogP contribution in [-0.4, -0.2) is 23.1 Å². The van der Waals surface area contributed by atoms with Gasteiger partial charge in [0, 0.05) is 6.26 Å². The van der Waals surface area contributed by atoms with Crippen molar-refractivity contribution in [1.29, 1.82) is 0 Å². The minimum atomic E-state index is -3.91. The zero-order valence-corrected chi connectivity index (χ0v) is 15.3. The summed E-state index contributed by atoms with van der Waals surface area (Å²) >= 11 is 9.90. The summed E-state index contributed by atoms with van der Waals surface area (Å²) in [7, 11) is -7.46. The summed E-state index contributed by atoms with van der Waals surface area (Å²) < 4.78 is 50.6. The number of hydrogen-bond donors (Lipinski definition) is 1. The van der Waals surface area contributed by atoms with E-state index < -0.39 is 19.9 Å². The molecule has 0 radical (unpaired) electrons. The fourth-order valence-electron chi connectivity index (χ4n) is 1.53. The molecule has 0 bridgehead atoms. The molecule has 10 heteroatoms. The van der Waals surface area contributed by atoms with E-state index in [-0.39, 0.29) is 19.8 Å². The Morgan fingerprint density at radius 1 is 1.19 bits per heavy atom. The van der Waals surface area contributed by atoms with E-state index in [9.17, 15) is 16.8 Å². The lowest BCUT2D eigenvalue weighted by Crippen LogP contribution is -2.14. The van der Waals surface area contributed by atoms with Gasteiger partial charge in [-0.3, -0.25) is 4.72 Å². The molecule has 0 aliphatic rings. The highest BCUT2D eigenvalue weighted by Gasteiger charge is 2.22. The highest BCUT2D eigenvalue weighted by Crippen LogP contribution is 2.35. The number of benzene rings is 1. The van der Waals surface area contributed by atoms with Crippen molar-refractivity contribution in [1.82, 2.24) is 0 Å². The SMILES string of the molecule is CS(=O)(=O)c1ccccc1NS(=O)(=O)c1cc(Cl)c(Br)s1. The Bertz CT molecular complexity index is 870. The van der Waals surface area contributed by atoms with Crippen LogP contribution in [0.4, 0.5) is 5.69 Å². The van der Waals surface area contributed by atoms with E-state index in [2.05, 4.69) is 20.7 Å². The Hall–Kier alpha value is -0.610. The fourth-order valence-corrected chi connectivity index (χ4v) is 5.92. The average molecular weight is 431 g/mol. The van der Waals surface area contributed by atoms with Gasteiger partial charge in [-0.2, -0.15) is 0 Å². The van der Waals surface area contributed by atoms with Gasteiger partial charge in [0.05, 0.1) is 19.4 Å². The number of halogens is 2. The first-order valence-electron chi connectivity index (χ1n) is 5.38. The van der Waals surface area contributed by atoms with Crippen molar-refractivity contribution in [3.8, 4) is 0 Å². The van der Waals surface area contributed by atoms with Gasteiger partial charge in [-0.25, -0.2) is 16.8 Å². The number of anilines is 1. The molecule has 1 aromatic heterocycles. The van der Waals surface area contributed by atoms with Gasteiger partial charge >= 0.3 is 0 Å². The molecule has 0 aliphatic carbocycles. The predicted molar refractivity (Wildman–Crippen MR) is 87.4 cm³/mol. The molecule has 0 amide bonds. The lowest BCUT2D eigenvalue weighted by atomic mass is 10.3. The highest BCUT2D eigenvalue weighted by molar-refractivity contribution is 9.11. The zero-order chi connectivity index (χ0) is 15.8. The summed E-state index contributed by atoms with van der Waals surface area (Å²) in [5, 5.41) is 0.275. The Kier molecular flexibility index (Phi) is 4.69. The van der Waals surface area contributed by atoms with Crippen molar-refractivity contribution in [3.63, 3.8) is 0 Å². The molecule has 0 unspecified atom stereocenters. The van der Waals surface area contributed by atoms with E-state index in [1.165, 1.54) is 24.3 Å². The van der Waals surface area contributed by atoms with Crippen LogP contribution in [0.25, 0.3) is 0 Å². The molecule has 0 atom stereocenters. The van der Waals surface area contributed by atoms with Crippen molar-refractivity contribution in [2.24, 2.45) is 0 Å². The van der Waals surface area contributed by atoms with Gasteiger partial charge in [-0.05, 0) is 34.1 Å². The van der Waals surface area contributed by atoms with E-state index in [0.717, 1.165) is 17.6 Å². The lowest BCUT2D eigenvalue weighted by molar-refractivity contribution is 0.602. The van der Waals surface area contributed by atoms with Gasteiger partial charge in [0.1, 0.15) is 4.21 Å². The smallest absolute Gasteiger partial charge is 0.271 e. The first kappa shape index (κ1) is 16.8. The number of thiophene rings is 1. The standard InChI is InChI=1S/C11H9BrClNO4S3/c1-20(15,16)9-5-3-2-4-8(9)14-21(17,18)10-6-7(13)11(12)19-10/h2-6,14H,1H3. The summed E-state index contributed by atoms with van der Waals surface area (Å²) in [6.07, 6.45) is 1.01. The summed E-state index contributed by atoms with van der Waals surface area (Å²) in [6.45, 7) is 0. The van der Waals surface area contributed by atoms with Gasteiger partial charge in [0.15, 0.2) is 9.84 Å². The fraction of sp³-hybridized carbons (Fsp3) is 0.0909. The molecule has 1 aromatic carbocycles. The number of sulfonamides is 1. The molecule has 1 N–H and O–H groups in total. The molecule has 0 spiro atoms. The maximum atomic E-state index is 12.3. The molecular formula is C11H9BrClNO4S3. The Labute approximate surface area is 140 Å². The van der Waals surface area contributed by atoms with Gasteiger partial charge in [-0.15, -0.1) is 11.3 Å². The van der Waals surface area contributed by atoms with Crippen LogP contribution in [0.15, 0.2) is 43.2 Å². The molecule has 1 heterocycles. The summed E-state index contributed by atoms with van der Waals surface area (Å²) in [5.41, 5.74) is 0.000597. The molecule has 0 fully saturated rings. The highest BCUT2D eigenvalue weighted by atomic mass is 79.9. The van der Waals surface area contributed by atoms with Crippen molar-refractivity contribution >= 4 is 64.4 Å². The van der Waals surface area contributed by atoms with Crippen LogP contribution in [0.2, 0.25) is 5.02 Å². The van der Waals surface area contributed by atoms with Crippen LogP contribution < -0.4 is 4.72 Å². The molecule has 0 saturated heterocycles. The second-order valence-corrected chi connectivity index (χ2v) is 10.7. The van der Waals surface area contributed by atoms with E-state index in [0.29, 0.717) is 3.79 Å². The van der Waals surface area contributed by atoms with E-state index in [4.69, 9.17) is 11.6 Å². The monoisotopic (exact) mass is 429 g/mol. The number of nitrogens with one attached hydrogen (secondary N) is 1. The molecular weight excluding hydrogens is 422 g/mol. The van der Waals surface area contributed by atoms with Crippen molar-refractivity contribution in [2.45, 2.75) is 9.10 Å². The third-order valence-electron chi connectivity index (χ3n) is 2.42. The quantitative estimate of drug-likeness (QED) is 0.806. The largest absolute Gasteiger partial charge is 0.278 e. The average Bonchev–Trinajstić information content (AvgIpc) is 2.69. The minimum Gasteiger partial charge on any atom is -0.278 e. The first-order chi connectivity index (χ1) is 9.61. The first-order valence-corrected chi connectivity index (χ1v) is 10.7. The normalized spacial score (nSPS) is 12.3. The van der Waals surface area contributed by atoms with Gasteiger partial charge in [-0.1, -0.05) is 23.7 Å². The Balaban J connectivity index is 2.47.